The lowest BCUT2D eigenvalue weighted by Crippen LogP contribution is -2.60. The normalized spacial score (nSPS) is 25.4. The number of carbonyl (C=O) groups is 1. The van der Waals surface area contributed by atoms with Crippen molar-refractivity contribution in [2.75, 3.05) is 6.61 Å². The number of hydrogen-bond donors (Lipinski definition) is 5. The zero-order valence-electron chi connectivity index (χ0n) is 16.5. The lowest BCUT2D eigenvalue weighted by molar-refractivity contribution is -0.384. The van der Waals surface area contributed by atoms with Crippen LogP contribution in [-0.2, 0) is 4.74 Å². The quantitative estimate of drug-likeness (QED) is 0.213. The summed E-state index contributed by atoms with van der Waals surface area (Å²) in [5, 5.41) is 53.3. The number of nitrogens with one attached hydrogen (secondary N) is 1. The second-order valence-corrected chi connectivity index (χ2v) is 6.89. The van der Waals surface area contributed by atoms with Crippen LogP contribution in [-0.4, -0.2) is 74.8 Å². The zero-order valence-corrected chi connectivity index (χ0v) is 16.5. The van der Waals surface area contributed by atoms with E-state index in [-0.39, 0.29) is 17.0 Å². The molecular weight excluding hydrogens is 426 g/mol. The molecule has 0 aromatic heterocycles. The predicted molar refractivity (Wildman–Crippen MR) is 109 cm³/mol. The number of nitro groups is 1. The summed E-state index contributed by atoms with van der Waals surface area (Å²) in [6.07, 6.45) is -5.80. The fraction of sp³-hybridized carbons (Fsp3) is 0.300. The Morgan fingerprint density at radius 3 is 2.53 bits per heavy atom. The van der Waals surface area contributed by atoms with Crippen molar-refractivity contribution in [1.29, 1.82) is 0 Å². The second kappa shape index (κ2) is 10.3. The number of aliphatic hydroxyl groups is 4. The first-order chi connectivity index (χ1) is 15.3. The number of rotatable bonds is 7. The smallest absolute Gasteiger partial charge is 0.271 e. The molecule has 1 fully saturated rings. The first-order valence-electron chi connectivity index (χ1n) is 9.45. The van der Waals surface area contributed by atoms with Crippen LogP contribution in [0.15, 0.2) is 53.6 Å². The first kappa shape index (κ1) is 23.2. The van der Waals surface area contributed by atoms with Crippen LogP contribution in [0.5, 0.6) is 5.75 Å². The molecule has 5 atom stereocenters. The highest BCUT2D eigenvalue weighted by molar-refractivity contribution is 5.95. The Labute approximate surface area is 181 Å². The van der Waals surface area contributed by atoms with Crippen LogP contribution >= 0.6 is 0 Å². The molecule has 3 rings (SSSR count). The maximum absolute atomic E-state index is 12.2. The van der Waals surface area contributed by atoms with Crippen molar-refractivity contribution >= 4 is 17.8 Å². The predicted octanol–water partition coefficient (Wildman–Crippen LogP) is -0.463. The molecule has 170 valence electrons. The van der Waals surface area contributed by atoms with Crippen molar-refractivity contribution in [3.8, 4) is 5.75 Å². The number of non-ortho nitro benzene ring substituents is 1. The SMILES string of the molecule is O=C(N/N=C/c1cccc([N+](=O)[O-])c1)c1ccc(O[C@@H]2O[C@H](CO)[C@@H](O)[C@H](O)[C@H]2O)cc1. The number of hydrazone groups is 1. The van der Waals surface area contributed by atoms with E-state index in [1.54, 1.807) is 6.07 Å². The van der Waals surface area contributed by atoms with Crippen LogP contribution < -0.4 is 10.2 Å². The van der Waals surface area contributed by atoms with E-state index >= 15 is 0 Å². The first-order valence-corrected chi connectivity index (χ1v) is 9.45. The maximum atomic E-state index is 12.2. The van der Waals surface area contributed by atoms with Gasteiger partial charge < -0.3 is 29.9 Å². The summed E-state index contributed by atoms with van der Waals surface area (Å²) >= 11 is 0. The van der Waals surface area contributed by atoms with Crippen molar-refractivity contribution in [1.82, 2.24) is 5.43 Å². The van der Waals surface area contributed by atoms with E-state index in [0.29, 0.717) is 5.56 Å². The highest BCUT2D eigenvalue weighted by atomic mass is 16.7. The van der Waals surface area contributed by atoms with Gasteiger partial charge in [-0.1, -0.05) is 12.1 Å². The molecule has 12 nitrogen and oxygen atoms in total. The fourth-order valence-electron chi connectivity index (χ4n) is 2.93. The van der Waals surface area contributed by atoms with Crippen molar-refractivity contribution in [2.24, 2.45) is 5.10 Å². The minimum Gasteiger partial charge on any atom is -0.462 e. The number of nitrogens with zero attached hydrogens (tertiary/aromatic N) is 2. The van der Waals surface area contributed by atoms with Crippen molar-refractivity contribution in [3.05, 3.63) is 69.8 Å². The van der Waals surface area contributed by atoms with E-state index in [9.17, 15) is 35.3 Å². The van der Waals surface area contributed by atoms with Crippen LogP contribution in [0, 0.1) is 10.1 Å². The molecule has 1 heterocycles. The standard InChI is InChI=1S/C20H21N3O9/c24-10-15-16(25)17(26)18(27)20(32-15)31-14-6-4-12(5-7-14)19(28)22-21-9-11-2-1-3-13(8-11)23(29)30/h1-9,15-18,20,24-27H,10H2,(H,22,28)/b21-9+/t15-,16-,17+,18-,20-/m1/s1. The minimum atomic E-state index is -1.57. The lowest BCUT2D eigenvalue weighted by atomic mass is 9.99. The van der Waals surface area contributed by atoms with Gasteiger partial charge in [0.2, 0.25) is 6.29 Å². The number of amides is 1. The molecule has 1 aliphatic heterocycles. The van der Waals surface area contributed by atoms with Gasteiger partial charge in [0, 0.05) is 23.3 Å². The molecule has 0 saturated carbocycles. The summed E-state index contributed by atoms with van der Waals surface area (Å²) in [5.74, 6) is -0.350. The molecule has 0 unspecified atom stereocenters. The lowest BCUT2D eigenvalue weighted by Gasteiger charge is -2.39. The molecule has 1 saturated heterocycles. The van der Waals surface area contributed by atoms with Crippen LogP contribution in [0.3, 0.4) is 0 Å². The third-order valence-corrected chi connectivity index (χ3v) is 4.68. The molecule has 5 N–H and O–H groups in total. The van der Waals surface area contributed by atoms with Gasteiger partial charge in [0.15, 0.2) is 0 Å². The molecule has 2 aromatic rings. The molecule has 32 heavy (non-hydrogen) atoms. The summed E-state index contributed by atoms with van der Waals surface area (Å²) in [6.45, 7) is -0.583. The average molecular weight is 447 g/mol. The number of aliphatic hydroxyl groups excluding tert-OH is 4. The molecule has 0 bridgehead atoms. The van der Waals surface area contributed by atoms with Gasteiger partial charge in [0.05, 0.1) is 17.7 Å². The van der Waals surface area contributed by atoms with Gasteiger partial charge in [0.1, 0.15) is 30.2 Å². The fourth-order valence-corrected chi connectivity index (χ4v) is 2.93. The van der Waals surface area contributed by atoms with Gasteiger partial charge in [-0.25, -0.2) is 5.43 Å². The molecule has 1 amide bonds. The number of benzene rings is 2. The zero-order chi connectivity index (χ0) is 23.3. The van der Waals surface area contributed by atoms with Crippen molar-refractivity contribution in [2.45, 2.75) is 30.7 Å². The molecule has 0 aliphatic carbocycles. The summed E-state index contributed by atoms with van der Waals surface area (Å²) in [4.78, 5) is 22.4. The maximum Gasteiger partial charge on any atom is 0.271 e. The van der Waals surface area contributed by atoms with Crippen molar-refractivity contribution < 1.29 is 39.6 Å². The largest absolute Gasteiger partial charge is 0.462 e. The van der Waals surface area contributed by atoms with Crippen LogP contribution in [0.4, 0.5) is 5.69 Å². The molecule has 1 aliphatic rings. The van der Waals surface area contributed by atoms with Gasteiger partial charge in [-0.15, -0.1) is 0 Å². The summed E-state index contributed by atoms with van der Waals surface area (Å²) in [7, 11) is 0. The van der Waals surface area contributed by atoms with Crippen LogP contribution in [0.1, 0.15) is 15.9 Å². The molecular formula is C20H21N3O9. The van der Waals surface area contributed by atoms with Crippen LogP contribution in [0.2, 0.25) is 0 Å². The van der Waals surface area contributed by atoms with E-state index in [1.807, 2.05) is 0 Å². The molecule has 0 spiro atoms. The number of nitro benzene ring substituents is 1. The Bertz CT molecular complexity index is 981. The van der Waals surface area contributed by atoms with E-state index in [2.05, 4.69) is 10.5 Å². The van der Waals surface area contributed by atoms with Crippen molar-refractivity contribution in [3.63, 3.8) is 0 Å². The highest BCUT2D eigenvalue weighted by Gasteiger charge is 2.44. The molecule has 12 heteroatoms. The molecule has 0 radical (unpaired) electrons. The van der Waals surface area contributed by atoms with Gasteiger partial charge in [-0.05, 0) is 24.3 Å². The summed E-state index contributed by atoms with van der Waals surface area (Å²) in [5.41, 5.74) is 2.85. The molecule has 2 aromatic carbocycles. The summed E-state index contributed by atoms with van der Waals surface area (Å²) < 4.78 is 10.7. The Hall–Kier alpha value is -3.42. The topological polar surface area (TPSA) is 184 Å². The Morgan fingerprint density at radius 1 is 1.16 bits per heavy atom. The Morgan fingerprint density at radius 2 is 1.88 bits per heavy atom. The van der Waals surface area contributed by atoms with E-state index < -0.39 is 48.1 Å². The van der Waals surface area contributed by atoms with E-state index in [4.69, 9.17) is 9.47 Å². The second-order valence-electron chi connectivity index (χ2n) is 6.89. The highest BCUT2D eigenvalue weighted by Crippen LogP contribution is 2.24. The average Bonchev–Trinajstić information content (AvgIpc) is 2.80. The van der Waals surface area contributed by atoms with Gasteiger partial charge in [0.25, 0.3) is 11.6 Å². The third-order valence-electron chi connectivity index (χ3n) is 4.68. The summed E-state index contributed by atoms with van der Waals surface area (Å²) in [6, 6.07) is 11.4. The van der Waals surface area contributed by atoms with Crippen LogP contribution in [0.25, 0.3) is 0 Å². The van der Waals surface area contributed by atoms with Gasteiger partial charge >= 0.3 is 0 Å². The number of carbonyl (C=O) groups excluding carboxylic acids is 1. The monoisotopic (exact) mass is 447 g/mol. The number of ether oxygens (including phenoxy) is 2. The van der Waals surface area contributed by atoms with E-state index in [1.165, 1.54) is 48.7 Å². The Kier molecular flexibility index (Phi) is 7.45. The Balaban J connectivity index is 1.58. The number of hydrogen-bond acceptors (Lipinski definition) is 10. The van der Waals surface area contributed by atoms with E-state index in [0.717, 1.165) is 0 Å². The van der Waals surface area contributed by atoms with Gasteiger partial charge in [-0.2, -0.15) is 5.10 Å². The van der Waals surface area contributed by atoms with Gasteiger partial charge in [-0.3, -0.25) is 14.9 Å². The minimum absolute atomic E-state index is 0.102. The third kappa shape index (κ3) is 5.43.